The van der Waals surface area contributed by atoms with Crippen LogP contribution in [-0.2, 0) is 0 Å². The Labute approximate surface area is 155 Å². The van der Waals surface area contributed by atoms with Crippen molar-refractivity contribution in [3.05, 3.63) is 23.9 Å². The number of pyridine rings is 1. The molecule has 6 nitrogen and oxygen atoms in total. The Hall–Kier alpha value is -0.0236. The zero-order chi connectivity index (χ0) is 13.5. The van der Waals surface area contributed by atoms with E-state index < -0.39 is 12.2 Å². The van der Waals surface area contributed by atoms with E-state index in [0.29, 0.717) is 6.42 Å². The minimum atomic E-state index is -1.07. The second-order valence-corrected chi connectivity index (χ2v) is 4.26. The molecule has 19 heavy (non-hydrogen) atoms. The Morgan fingerprint density at radius 3 is 2.84 bits per heavy atom. The van der Waals surface area contributed by atoms with Gasteiger partial charge >= 0.3 is 57.4 Å². The molecule has 1 unspecified atom stereocenters. The fourth-order valence-corrected chi connectivity index (χ4v) is 1.46. The second kappa shape index (κ2) is 9.81. The third-order valence-corrected chi connectivity index (χ3v) is 2.36. The number of hydrogen-bond acceptors (Lipinski definition) is 5. The molecule has 0 amide bonds. The summed E-state index contributed by atoms with van der Waals surface area (Å²) in [6.45, 7) is 0.908. The predicted octanol–water partition coefficient (Wildman–Crippen LogP) is 0.137. The van der Waals surface area contributed by atoms with E-state index in [1.54, 1.807) is 6.07 Å². The van der Waals surface area contributed by atoms with Crippen LogP contribution in [0.3, 0.4) is 0 Å². The first-order chi connectivity index (χ1) is 8.50. The number of aromatic nitrogens is 1. The van der Waals surface area contributed by atoms with Gasteiger partial charge in [-0.25, -0.2) is 9.78 Å². The van der Waals surface area contributed by atoms with E-state index in [-0.39, 0.29) is 62.8 Å². The van der Waals surface area contributed by atoms with Crippen LogP contribution in [0.15, 0.2) is 18.3 Å². The molecule has 0 radical (unpaired) electrons. The zero-order valence-electron chi connectivity index (χ0n) is 10.7. The summed E-state index contributed by atoms with van der Waals surface area (Å²) < 4.78 is 5.36. The number of nitrogens with zero attached hydrogens (tertiary/aromatic N) is 2. The topological polar surface area (TPSA) is 88.7 Å². The van der Waals surface area contributed by atoms with Crippen molar-refractivity contribution in [1.29, 1.82) is 0 Å². The van der Waals surface area contributed by atoms with Gasteiger partial charge in [-0.05, 0) is 45.6 Å². The molecule has 3 N–H and O–H groups in total. The molecule has 7 heteroatoms. The SMILES string of the molecule is CN(C)CCCC(N)Oc1ncccc1C(=O)O.[KH]. The van der Waals surface area contributed by atoms with E-state index in [2.05, 4.69) is 9.88 Å². The standard InChI is InChI=1S/C12H19N3O3.K.H/c1-15(2)8-4-6-10(13)18-11-9(12(16)17)5-3-7-14-11;;/h3,5,7,10H,4,6,8,13H2,1-2H3,(H,16,17);;. The first-order valence-electron chi connectivity index (χ1n) is 5.76. The summed E-state index contributed by atoms with van der Waals surface area (Å²) >= 11 is 0. The monoisotopic (exact) mass is 293 g/mol. The third kappa shape index (κ3) is 7.36. The molecule has 0 aromatic carbocycles. The van der Waals surface area contributed by atoms with Gasteiger partial charge in [-0.2, -0.15) is 0 Å². The Morgan fingerprint density at radius 2 is 2.26 bits per heavy atom. The molecule has 1 aromatic heterocycles. The number of carboxylic acids is 1. The molecule has 1 heterocycles. The van der Waals surface area contributed by atoms with Crippen LogP contribution in [0.2, 0.25) is 0 Å². The number of carboxylic acid groups (broad SMARTS) is 1. The van der Waals surface area contributed by atoms with E-state index in [9.17, 15) is 4.79 Å². The van der Waals surface area contributed by atoms with Crippen molar-refractivity contribution in [2.75, 3.05) is 20.6 Å². The number of ether oxygens (including phenoxy) is 1. The summed E-state index contributed by atoms with van der Waals surface area (Å²) in [5.41, 5.74) is 5.82. The molecule has 0 saturated heterocycles. The summed E-state index contributed by atoms with van der Waals surface area (Å²) in [5.74, 6) is -0.999. The van der Waals surface area contributed by atoms with Gasteiger partial charge in [0.1, 0.15) is 11.8 Å². The molecule has 0 spiro atoms. The van der Waals surface area contributed by atoms with Gasteiger partial charge in [0.25, 0.3) is 0 Å². The maximum absolute atomic E-state index is 10.9. The quantitative estimate of drug-likeness (QED) is 0.549. The minimum absolute atomic E-state index is 0. The van der Waals surface area contributed by atoms with E-state index in [1.807, 2.05) is 14.1 Å². The molecular weight excluding hydrogens is 273 g/mol. The van der Waals surface area contributed by atoms with Crippen molar-refractivity contribution < 1.29 is 14.6 Å². The van der Waals surface area contributed by atoms with Crippen LogP contribution < -0.4 is 10.5 Å². The van der Waals surface area contributed by atoms with Gasteiger partial charge in [0.2, 0.25) is 5.88 Å². The van der Waals surface area contributed by atoms with Gasteiger partial charge in [-0.15, -0.1) is 0 Å². The maximum atomic E-state index is 10.9. The van der Waals surface area contributed by atoms with Gasteiger partial charge < -0.3 is 14.7 Å². The second-order valence-electron chi connectivity index (χ2n) is 4.26. The molecule has 102 valence electrons. The van der Waals surface area contributed by atoms with Gasteiger partial charge in [-0.1, -0.05) is 0 Å². The van der Waals surface area contributed by atoms with Crippen LogP contribution >= 0.6 is 0 Å². The zero-order valence-corrected chi connectivity index (χ0v) is 10.7. The van der Waals surface area contributed by atoms with Crippen LogP contribution in [0.4, 0.5) is 0 Å². The Bertz CT molecular complexity index is 402. The average Bonchev–Trinajstić information content (AvgIpc) is 2.28. The van der Waals surface area contributed by atoms with Crippen molar-refractivity contribution in [2.24, 2.45) is 5.73 Å². The van der Waals surface area contributed by atoms with Crippen molar-refractivity contribution in [1.82, 2.24) is 9.88 Å². The molecule has 1 atom stereocenters. The van der Waals surface area contributed by atoms with Crippen molar-refractivity contribution in [2.45, 2.75) is 19.1 Å². The molecule has 0 fully saturated rings. The Balaban J connectivity index is 0.00000324. The number of hydrogen-bond donors (Lipinski definition) is 2. The molecule has 0 aliphatic rings. The fraction of sp³-hybridized carbons (Fsp3) is 0.500. The Kier molecular flexibility index (Phi) is 9.80. The molecule has 1 aromatic rings. The number of nitrogens with two attached hydrogens (primary N) is 1. The third-order valence-electron chi connectivity index (χ3n) is 2.36. The first kappa shape index (κ1) is 19.0. The molecular formula is C12H20KN3O3. The summed E-state index contributed by atoms with van der Waals surface area (Å²) in [6, 6.07) is 2.99. The molecule has 0 aliphatic heterocycles. The van der Waals surface area contributed by atoms with Crippen molar-refractivity contribution >= 4 is 57.4 Å². The predicted molar refractivity (Wildman–Crippen MR) is 74.7 cm³/mol. The molecule has 0 aliphatic carbocycles. The normalized spacial score (nSPS) is 11.8. The summed E-state index contributed by atoms with van der Waals surface area (Å²) in [7, 11) is 3.96. The fourth-order valence-electron chi connectivity index (χ4n) is 1.46. The first-order valence-corrected chi connectivity index (χ1v) is 5.76. The molecule has 0 bridgehead atoms. The number of carbonyl (C=O) groups is 1. The van der Waals surface area contributed by atoms with Crippen LogP contribution in [-0.4, -0.2) is 99.2 Å². The van der Waals surface area contributed by atoms with Crippen LogP contribution in [0.5, 0.6) is 5.88 Å². The van der Waals surface area contributed by atoms with Gasteiger partial charge in [-0.3, -0.25) is 5.73 Å². The Morgan fingerprint density at radius 1 is 1.58 bits per heavy atom. The van der Waals surface area contributed by atoms with Gasteiger partial charge in [0.05, 0.1) is 0 Å². The van der Waals surface area contributed by atoms with Crippen LogP contribution in [0.1, 0.15) is 23.2 Å². The van der Waals surface area contributed by atoms with Crippen molar-refractivity contribution in [3.63, 3.8) is 0 Å². The molecule has 0 saturated carbocycles. The van der Waals surface area contributed by atoms with Gasteiger partial charge in [0.15, 0.2) is 0 Å². The van der Waals surface area contributed by atoms with E-state index in [0.717, 1.165) is 13.0 Å². The van der Waals surface area contributed by atoms with E-state index >= 15 is 0 Å². The van der Waals surface area contributed by atoms with Gasteiger partial charge in [0, 0.05) is 6.20 Å². The number of aromatic carboxylic acids is 1. The summed E-state index contributed by atoms with van der Waals surface area (Å²) in [6.07, 6.45) is 2.46. The van der Waals surface area contributed by atoms with Crippen LogP contribution in [0, 0.1) is 0 Å². The number of rotatable bonds is 7. The molecule has 1 rings (SSSR count). The van der Waals surface area contributed by atoms with E-state index in [4.69, 9.17) is 15.6 Å². The summed E-state index contributed by atoms with van der Waals surface area (Å²) in [5, 5.41) is 8.96. The van der Waals surface area contributed by atoms with Crippen LogP contribution in [0.25, 0.3) is 0 Å². The van der Waals surface area contributed by atoms with E-state index in [1.165, 1.54) is 12.3 Å². The summed E-state index contributed by atoms with van der Waals surface area (Å²) in [4.78, 5) is 16.9. The van der Waals surface area contributed by atoms with Crippen molar-refractivity contribution in [3.8, 4) is 5.88 Å². The average molecular weight is 293 g/mol.